The number of thiazole rings is 1. The third kappa shape index (κ3) is 3.11. The van der Waals surface area contributed by atoms with Crippen LogP contribution in [0.25, 0.3) is 10.6 Å². The average Bonchev–Trinajstić information content (AvgIpc) is 2.68. The van der Waals surface area contributed by atoms with E-state index in [1.54, 1.807) is 6.20 Å². The van der Waals surface area contributed by atoms with Crippen LogP contribution in [0.5, 0.6) is 0 Å². The third-order valence-corrected chi connectivity index (χ3v) is 3.68. The smallest absolute Gasteiger partial charge is 0.318 e. The Bertz CT molecular complexity index is 644. The molecule has 2 amide bonds. The molecule has 20 heavy (non-hydrogen) atoms. The average molecular weight is 291 g/mol. The highest BCUT2D eigenvalue weighted by Crippen LogP contribution is 2.32. The molecule has 106 valence electrons. The van der Waals surface area contributed by atoms with E-state index in [0.717, 1.165) is 22.1 Å². The number of hydrogen-bond acceptors (Lipinski definition) is 5. The number of aryl methyl sites for hydroxylation is 1. The Balaban J connectivity index is 2.41. The number of urea groups is 1. The van der Waals surface area contributed by atoms with Crippen LogP contribution in [-0.4, -0.2) is 21.0 Å². The van der Waals surface area contributed by atoms with Crippen molar-refractivity contribution in [3.05, 3.63) is 23.8 Å². The van der Waals surface area contributed by atoms with Crippen LogP contribution in [0, 0.1) is 6.92 Å². The summed E-state index contributed by atoms with van der Waals surface area (Å²) >= 11 is 1.35. The molecule has 2 aromatic heterocycles. The number of aromatic nitrogens is 3. The monoisotopic (exact) mass is 291 g/mol. The van der Waals surface area contributed by atoms with Crippen molar-refractivity contribution in [3.63, 3.8) is 0 Å². The molecule has 6 nitrogen and oxygen atoms in total. The number of carbonyl (C=O) groups is 1. The van der Waals surface area contributed by atoms with Gasteiger partial charge in [0.15, 0.2) is 5.13 Å². The summed E-state index contributed by atoms with van der Waals surface area (Å²) in [6.45, 7) is 8.06. The van der Waals surface area contributed by atoms with Crippen LogP contribution in [0.2, 0.25) is 0 Å². The predicted octanol–water partition coefficient (Wildman–Crippen LogP) is 2.70. The molecule has 3 N–H and O–H groups in total. The van der Waals surface area contributed by atoms with Gasteiger partial charge in [-0.25, -0.2) is 19.7 Å². The van der Waals surface area contributed by atoms with Crippen molar-refractivity contribution >= 4 is 22.5 Å². The molecule has 0 spiro atoms. The number of primary amides is 1. The van der Waals surface area contributed by atoms with Crippen LogP contribution in [0.3, 0.4) is 0 Å². The Morgan fingerprint density at radius 3 is 2.65 bits per heavy atom. The Morgan fingerprint density at radius 2 is 2.05 bits per heavy atom. The Hall–Kier alpha value is -2.02. The van der Waals surface area contributed by atoms with Crippen LogP contribution in [0.4, 0.5) is 9.93 Å². The van der Waals surface area contributed by atoms with Gasteiger partial charge in [0.25, 0.3) is 0 Å². The molecule has 0 aliphatic carbocycles. The molecule has 0 saturated heterocycles. The molecule has 0 fully saturated rings. The third-order valence-electron chi connectivity index (χ3n) is 2.59. The van der Waals surface area contributed by atoms with Crippen LogP contribution >= 0.6 is 11.3 Å². The maximum absolute atomic E-state index is 10.9. The molecule has 0 unspecified atom stereocenters. The number of amides is 2. The quantitative estimate of drug-likeness (QED) is 0.889. The van der Waals surface area contributed by atoms with Crippen molar-refractivity contribution in [2.45, 2.75) is 33.1 Å². The summed E-state index contributed by atoms with van der Waals surface area (Å²) in [7, 11) is 0. The molecular weight excluding hydrogens is 274 g/mol. The Kier molecular flexibility index (Phi) is 3.71. The largest absolute Gasteiger partial charge is 0.351 e. The van der Waals surface area contributed by atoms with Crippen LogP contribution in [0.1, 0.15) is 32.3 Å². The zero-order chi connectivity index (χ0) is 14.9. The fraction of sp³-hybridized carbons (Fsp3) is 0.385. The van der Waals surface area contributed by atoms with Crippen molar-refractivity contribution in [2.75, 3.05) is 5.32 Å². The first-order valence-corrected chi connectivity index (χ1v) is 6.97. The summed E-state index contributed by atoms with van der Waals surface area (Å²) in [5.74, 6) is 0.771. The van der Waals surface area contributed by atoms with Gasteiger partial charge in [-0.2, -0.15) is 0 Å². The zero-order valence-corrected chi connectivity index (χ0v) is 12.7. The summed E-state index contributed by atoms with van der Waals surface area (Å²) in [4.78, 5) is 24.9. The number of hydrogen-bond donors (Lipinski definition) is 2. The SMILES string of the molecule is Cc1nc(NC(N)=O)sc1-c1ccnc(C(C)(C)C)n1. The molecule has 0 atom stereocenters. The first-order valence-electron chi connectivity index (χ1n) is 6.15. The minimum atomic E-state index is -0.622. The topological polar surface area (TPSA) is 93.8 Å². The van der Waals surface area contributed by atoms with E-state index in [-0.39, 0.29) is 5.41 Å². The van der Waals surface area contributed by atoms with Crippen LogP contribution in [-0.2, 0) is 5.41 Å². The highest BCUT2D eigenvalue weighted by molar-refractivity contribution is 7.19. The minimum absolute atomic E-state index is 0.122. The molecule has 7 heteroatoms. The Labute approximate surface area is 121 Å². The second kappa shape index (κ2) is 5.16. The van der Waals surface area contributed by atoms with E-state index in [9.17, 15) is 4.79 Å². The molecule has 0 bridgehead atoms. The summed E-state index contributed by atoms with van der Waals surface area (Å²) in [6.07, 6.45) is 1.74. The van der Waals surface area contributed by atoms with Crippen molar-refractivity contribution < 1.29 is 4.79 Å². The fourth-order valence-corrected chi connectivity index (χ4v) is 2.58. The zero-order valence-electron chi connectivity index (χ0n) is 11.9. The van der Waals surface area contributed by atoms with Gasteiger partial charge in [0.05, 0.1) is 16.3 Å². The summed E-state index contributed by atoms with van der Waals surface area (Å²) < 4.78 is 0. The summed E-state index contributed by atoms with van der Waals surface area (Å²) in [5, 5.41) is 2.96. The Morgan fingerprint density at radius 1 is 1.35 bits per heavy atom. The van der Waals surface area contributed by atoms with Gasteiger partial charge in [0.2, 0.25) is 0 Å². The van der Waals surface area contributed by atoms with E-state index in [1.807, 2.05) is 13.0 Å². The summed E-state index contributed by atoms with van der Waals surface area (Å²) in [6, 6.07) is 1.22. The van der Waals surface area contributed by atoms with Crippen molar-refractivity contribution in [1.29, 1.82) is 0 Å². The predicted molar refractivity (Wildman–Crippen MR) is 79.8 cm³/mol. The molecular formula is C13H17N5OS. The molecule has 2 aromatic rings. The second-order valence-electron chi connectivity index (χ2n) is 5.44. The standard InChI is InChI=1S/C13H17N5OS/c1-7-9(20-12(16-7)18-11(14)19)8-5-6-15-10(17-8)13(2,3)4/h5-6H,1-4H3,(H3,14,16,18,19). The highest BCUT2D eigenvalue weighted by atomic mass is 32.1. The lowest BCUT2D eigenvalue weighted by atomic mass is 9.95. The molecule has 0 aromatic carbocycles. The highest BCUT2D eigenvalue weighted by Gasteiger charge is 2.19. The van der Waals surface area contributed by atoms with Crippen LogP contribution in [0.15, 0.2) is 12.3 Å². The van der Waals surface area contributed by atoms with Gasteiger partial charge < -0.3 is 5.73 Å². The van der Waals surface area contributed by atoms with E-state index >= 15 is 0 Å². The van der Waals surface area contributed by atoms with Crippen molar-refractivity contribution in [1.82, 2.24) is 15.0 Å². The number of nitrogens with two attached hydrogens (primary N) is 1. The van der Waals surface area contributed by atoms with Gasteiger partial charge in [0.1, 0.15) is 5.82 Å². The number of carbonyl (C=O) groups excluding carboxylic acids is 1. The minimum Gasteiger partial charge on any atom is -0.351 e. The molecule has 0 aliphatic rings. The maximum Gasteiger partial charge on any atom is 0.318 e. The second-order valence-corrected chi connectivity index (χ2v) is 6.44. The van der Waals surface area contributed by atoms with Gasteiger partial charge in [-0.1, -0.05) is 32.1 Å². The lowest BCUT2D eigenvalue weighted by molar-refractivity contribution is 0.259. The molecule has 0 saturated carbocycles. The molecule has 2 heterocycles. The van der Waals surface area contributed by atoms with Gasteiger partial charge in [-0.15, -0.1) is 0 Å². The van der Waals surface area contributed by atoms with E-state index < -0.39 is 6.03 Å². The first kappa shape index (κ1) is 14.4. The van der Waals surface area contributed by atoms with Gasteiger partial charge in [-0.05, 0) is 13.0 Å². The van der Waals surface area contributed by atoms with Crippen molar-refractivity contribution in [3.8, 4) is 10.6 Å². The van der Waals surface area contributed by atoms with E-state index in [2.05, 4.69) is 41.0 Å². The normalized spacial score (nSPS) is 11.4. The van der Waals surface area contributed by atoms with Crippen LogP contribution < -0.4 is 11.1 Å². The number of nitrogens with zero attached hydrogens (tertiary/aromatic N) is 3. The van der Waals surface area contributed by atoms with Gasteiger partial charge in [0, 0.05) is 11.6 Å². The molecule has 2 rings (SSSR count). The molecule has 0 aliphatic heterocycles. The van der Waals surface area contributed by atoms with E-state index in [1.165, 1.54) is 11.3 Å². The fourth-order valence-electron chi connectivity index (χ4n) is 1.64. The van der Waals surface area contributed by atoms with E-state index in [0.29, 0.717) is 5.13 Å². The maximum atomic E-state index is 10.9. The number of anilines is 1. The van der Waals surface area contributed by atoms with Gasteiger partial charge in [-0.3, -0.25) is 5.32 Å². The number of rotatable bonds is 2. The van der Waals surface area contributed by atoms with Gasteiger partial charge >= 0.3 is 6.03 Å². The molecule has 0 radical (unpaired) electrons. The van der Waals surface area contributed by atoms with E-state index in [4.69, 9.17) is 5.73 Å². The summed E-state index contributed by atoms with van der Waals surface area (Å²) in [5.41, 5.74) is 6.58. The number of nitrogens with one attached hydrogen (secondary N) is 1. The lowest BCUT2D eigenvalue weighted by Gasteiger charge is -2.16. The lowest BCUT2D eigenvalue weighted by Crippen LogP contribution is -2.18. The first-order chi connectivity index (χ1) is 9.27. The van der Waals surface area contributed by atoms with Crippen molar-refractivity contribution in [2.24, 2.45) is 5.73 Å².